The van der Waals surface area contributed by atoms with E-state index in [9.17, 15) is 101 Å². The van der Waals surface area contributed by atoms with Gasteiger partial charge in [-0.2, -0.15) is 0 Å². The van der Waals surface area contributed by atoms with Crippen LogP contribution >= 0.6 is 0 Å². The standard InChI is InChI=1S/C80H108O54/c1-28(81)102-21-50-56(62(114-36(9)89)67(74(101)126-50)119-41(14)94)131-79-72(124-46(19)99)65(117-39(12)92)59(53(129-79)26-107-75-68(120-42(15)95)60(112-34(7)87)48(24-105-75)109-31(4)84)134-80-73(125-47(20)100)66(118-40(13)93)58(54(130-80)27-108-76-69(121-43(16)96)61(113-35(8)88)49(25-106-76)110-32(5)85)133-78-71(123-45(18)98)64(116-38(11)91)57(52(128-78)23-104-30(3)83)132-77-70(122-44(17)97)63(115-37(10)90)55(111-33(6)86)51(127-77)22-103-29(2)82/h48-80,101H,21-27H2,1-20H3/t48-,49-,50-,51-,52-,53-,54-,55+,56-,57-,58-,59-,60+,61+,62+,63+,64+,65+,66+,67-,68-,69-,70-,71-,72-,73-,74?,75-,76-,77+,78+,79+,80+/m1/s1. The van der Waals surface area contributed by atoms with Gasteiger partial charge in [-0.05, 0) is 0 Å². The minimum absolute atomic E-state index is 0.748. The molecule has 7 rings (SSSR count). The summed E-state index contributed by atoms with van der Waals surface area (Å²) in [5, 5.41) is 11.5. The van der Waals surface area contributed by atoms with Gasteiger partial charge in [0, 0.05) is 138 Å². The van der Waals surface area contributed by atoms with E-state index in [4.69, 9.17) is 156 Å². The molecule has 0 aliphatic carbocycles. The summed E-state index contributed by atoms with van der Waals surface area (Å²) in [4.78, 5) is 265. The Labute approximate surface area is 761 Å². The van der Waals surface area contributed by atoms with Gasteiger partial charge in [-0.15, -0.1) is 0 Å². The first-order valence-corrected chi connectivity index (χ1v) is 41.2. The molecule has 54 nitrogen and oxygen atoms in total. The summed E-state index contributed by atoms with van der Waals surface area (Å²) in [6.45, 7) is 10.5. The van der Waals surface area contributed by atoms with E-state index in [0.29, 0.717) is 0 Å². The van der Waals surface area contributed by atoms with Crippen LogP contribution in [0.3, 0.4) is 0 Å². The normalized spacial score (nSPS) is 33.8. The van der Waals surface area contributed by atoms with Gasteiger partial charge in [0.05, 0.1) is 26.4 Å². The van der Waals surface area contributed by atoms with Gasteiger partial charge in [-0.25, -0.2) is 0 Å². The average molecular weight is 1930 g/mol. The van der Waals surface area contributed by atoms with Crippen molar-refractivity contribution in [2.24, 2.45) is 0 Å². The van der Waals surface area contributed by atoms with Crippen LogP contribution in [-0.2, 0) is 252 Å². The molecular weight excluding hydrogens is 1820 g/mol. The van der Waals surface area contributed by atoms with Crippen molar-refractivity contribution in [2.75, 3.05) is 46.2 Å². The van der Waals surface area contributed by atoms with Crippen molar-refractivity contribution in [3.05, 3.63) is 0 Å². The molecule has 1 unspecified atom stereocenters. The Kier molecular flexibility index (Phi) is 41.3. The summed E-state index contributed by atoms with van der Waals surface area (Å²) in [6, 6.07) is 0. The molecule has 0 aromatic carbocycles. The number of hydrogen-bond acceptors (Lipinski definition) is 54. The molecule has 54 heteroatoms. The van der Waals surface area contributed by atoms with Crippen molar-refractivity contribution < 1.29 is 257 Å². The average Bonchev–Trinajstić information content (AvgIpc) is 0.751. The summed E-state index contributed by atoms with van der Waals surface area (Å²) in [6.07, 6.45) is -71.2. The second-order valence-electron chi connectivity index (χ2n) is 30.5. The fourth-order valence-electron chi connectivity index (χ4n) is 15.0. The van der Waals surface area contributed by atoms with Crippen molar-refractivity contribution in [1.29, 1.82) is 0 Å². The van der Waals surface area contributed by atoms with E-state index in [1.807, 2.05) is 0 Å². The smallest absolute Gasteiger partial charge is 0.303 e. The quantitative estimate of drug-likeness (QED) is 0.0464. The Hall–Kier alpha value is -11.2. The van der Waals surface area contributed by atoms with Gasteiger partial charge in [0.25, 0.3) is 0 Å². The summed E-state index contributed by atoms with van der Waals surface area (Å²) >= 11 is 0. The van der Waals surface area contributed by atoms with Crippen LogP contribution in [0.4, 0.5) is 0 Å². The SMILES string of the molecule is CC(=O)OC[C@H]1O[C@@H](O[C@H]2[C@H](OC(C)=O)[C@@H](OC(C)=O)[C@H](O[C@H]3[C@H](OC(C)=O)[C@@H](OC(C)=O)[C@H](O[C@H]4[C@H](OC(C)=O)[C@@H](OC(C)=O)[C@H](O[C@H]5[C@H](OC(C)=O)[C@@H](OC(C)=O)C(O)O[C@@H]5COC(C)=O)O[C@@H]4CO[C@H]4OC[C@@H](OC(C)=O)[C@H](OC(C)=O)[C@H]4OC(C)=O)O[C@@H]3CO[C@H]3OC[C@@H](OC(C)=O)[C@H](OC(C)=O)[C@H]3OC(C)=O)O[C@@H]2COC(C)=O)[C@H](OC(C)=O)[C@@H](OC(C)=O)[C@H]1OC(C)=O. The lowest BCUT2D eigenvalue weighted by Gasteiger charge is -2.52. The van der Waals surface area contributed by atoms with Gasteiger partial charge in [0.15, 0.2) is 148 Å². The van der Waals surface area contributed by atoms with Gasteiger partial charge in [-0.1, -0.05) is 0 Å². The van der Waals surface area contributed by atoms with Gasteiger partial charge >= 0.3 is 119 Å². The largest absolute Gasteiger partial charge is 0.463 e. The monoisotopic (exact) mass is 1930 g/mol. The van der Waals surface area contributed by atoms with Crippen molar-refractivity contribution in [1.82, 2.24) is 0 Å². The lowest BCUT2D eigenvalue weighted by atomic mass is 9.94. The molecule has 7 saturated heterocycles. The molecule has 7 aliphatic rings. The molecule has 0 amide bonds. The molecule has 0 bridgehead atoms. The zero-order valence-electron chi connectivity index (χ0n) is 76.1. The second kappa shape index (κ2) is 50.4. The van der Waals surface area contributed by atoms with E-state index in [0.717, 1.165) is 138 Å². The maximum absolute atomic E-state index is 14.3. The Morgan fingerprint density at radius 2 is 0.373 bits per heavy atom. The van der Waals surface area contributed by atoms with Crippen LogP contribution in [0.5, 0.6) is 0 Å². The molecule has 1 N–H and O–H groups in total. The van der Waals surface area contributed by atoms with Crippen molar-refractivity contribution in [3.8, 4) is 0 Å². The number of esters is 20. The molecular formula is C80H108O54. The number of aliphatic hydroxyl groups excluding tert-OH is 1. The lowest BCUT2D eigenvalue weighted by Crippen LogP contribution is -2.70. The topological polar surface area (TPSA) is 666 Å². The number of rotatable bonds is 37. The third-order valence-corrected chi connectivity index (χ3v) is 19.3. The highest BCUT2D eigenvalue weighted by Crippen LogP contribution is 2.43. The first-order chi connectivity index (χ1) is 62.8. The van der Waals surface area contributed by atoms with Crippen LogP contribution < -0.4 is 0 Å². The molecule has 33 atom stereocenters. The molecule has 7 aliphatic heterocycles. The Morgan fingerprint density at radius 1 is 0.194 bits per heavy atom. The van der Waals surface area contributed by atoms with Gasteiger partial charge < -0.3 is 161 Å². The van der Waals surface area contributed by atoms with Crippen LogP contribution in [0.25, 0.3) is 0 Å². The Morgan fingerprint density at radius 3 is 0.612 bits per heavy atom. The van der Waals surface area contributed by atoms with Crippen LogP contribution in [0, 0.1) is 0 Å². The van der Waals surface area contributed by atoms with Crippen LogP contribution in [0.1, 0.15) is 138 Å². The Bertz CT molecular complexity index is 4200. The lowest BCUT2D eigenvalue weighted by molar-refractivity contribution is -0.397. The fraction of sp³-hybridized carbons (Fsp3) is 0.750. The molecule has 134 heavy (non-hydrogen) atoms. The number of carbonyl (C=O) groups excluding carboxylic acids is 20. The molecule has 7 fully saturated rings. The third-order valence-electron chi connectivity index (χ3n) is 19.3. The minimum atomic E-state index is -2.63. The van der Waals surface area contributed by atoms with E-state index in [1.54, 1.807) is 0 Å². The van der Waals surface area contributed by atoms with Gasteiger partial charge in [-0.3, -0.25) is 95.9 Å². The molecule has 0 aromatic rings. The van der Waals surface area contributed by atoms with Crippen LogP contribution in [0.2, 0.25) is 0 Å². The first-order valence-electron chi connectivity index (χ1n) is 41.2. The van der Waals surface area contributed by atoms with Crippen molar-refractivity contribution >= 4 is 119 Å². The molecule has 7 heterocycles. The third kappa shape index (κ3) is 32.3. The van der Waals surface area contributed by atoms with Crippen LogP contribution in [0.15, 0.2) is 0 Å². The molecule has 752 valence electrons. The van der Waals surface area contributed by atoms with E-state index < -0.39 is 368 Å². The highest BCUT2D eigenvalue weighted by molar-refractivity contribution is 5.74. The predicted octanol–water partition coefficient (Wildman–Crippen LogP) is -3.58. The molecule has 0 radical (unpaired) electrons. The van der Waals surface area contributed by atoms with E-state index in [2.05, 4.69) is 0 Å². The zero-order valence-corrected chi connectivity index (χ0v) is 76.1. The number of aliphatic hydroxyl groups is 1. The number of ether oxygens (including phenoxy) is 33. The summed E-state index contributed by atoms with van der Waals surface area (Å²) in [7, 11) is 0. The van der Waals surface area contributed by atoms with E-state index in [1.165, 1.54) is 0 Å². The zero-order chi connectivity index (χ0) is 99.9. The first kappa shape index (κ1) is 110. The summed E-state index contributed by atoms with van der Waals surface area (Å²) < 4.78 is 197. The second-order valence-corrected chi connectivity index (χ2v) is 30.5. The minimum Gasteiger partial charge on any atom is -0.463 e. The van der Waals surface area contributed by atoms with Gasteiger partial charge in [0.2, 0.25) is 0 Å². The maximum Gasteiger partial charge on any atom is 0.303 e. The highest BCUT2D eigenvalue weighted by Gasteiger charge is 2.64. The van der Waals surface area contributed by atoms with Crippen LogP contribution in [-0.4, -0.2) is 373 Å². The number of hydrogen-bond donors (Lipinski definition) is 1. The predicted molar refractivity (Wildman–Crippen MR) is 411 cm³/mol. The number of carbonyl (C=O) groups is 20. The van der Waals surface area contributed by atoms with Crippen molar-refractivity contribution in [3.63, 3.8) is 0 Å². The molecule has 0 saturated carbocycles. The molecule has 0 aromatic heterocycles. The maximum atomic E-state index is 14.3. The molecule has 0 spiro atoms. The highest BCUT2D eigenvalue weighted by atomic mass is 16.8. The van der Waals surface area contributed by atoms with E-state index in [-0.39, 0.29) is 0 Å². The Balaban J connectivity index is 1.53. The van der Waals surface area contributed by atoms with Crippen molar-refractivity contribution in [2.45, 2.75) is 341 Å². The van der Waals surface area contributed by atoms with E-state index >= 15 is 0 Å². The van der Waals surface area contributed by atoms with Gasteiger partial charge in [0.1, 0.15) is 74.8 Å². The fourth-order valence-corrected chi connectivity index (χ4v) is 15.0. The summed E-state index contributed by atoms with van der Waals surface area (Å²) in [5.41, 5.74) is 0. The summed E-state index contributed by atoms with van der Waals surface area (Å²) in [5.74, 6) is -23.1.